The van der Waals surface area contributed by atoms with Crippen molar-refractivity contribution in [1.82, 2.24) is 20.0 Å². The van der Waals surface area contributed by atoms with Crippen molar-refractivity contribution in [3.63, 3.8) is 0 Å². The van der Waals surface area contributed by atoms with Gasteiger partial charge in [0.2, 0.25) is 11.8 Å². The molecule has 0 spiro atoms. The maximum absolute atomic E-state index is 11.9. The molecular formula is C19H23ClN4O2. The van der Waals surface area contributed by atoms with Gasteiger partial charge < -0.3 is 10.2 Å². The van der Waals surface area contributed by atoms with Crippen LogP contribution in [0.2, 0.25) is 5.15 Å². The molecule has 0 radical (unpaired) electrons. The van der Waals surface area contributed by atoms with E-state index in [-0.39, 0.29) is 18.4 Å². The number of carbonyl (C=O) groups excluding carboxylic acids is 2. The minimum Gasteiger partial charge on any atom is -0.347 e. The Labute approximate surface area is 158 Å². The van der Waals surface area contributed by atoms with E-state index in [1.54, 1.807) is 24.9 Å². The van der Waals surface area contributed by atoms with E-state index in [1.165, 1.54) is 16.5 Å². The van der Waals surface area contributed by atoms with Crippen molar-refractivity contribution in [2.45, 2.75) is 20.4 Å². The Morgan fingerprint density at radius 1 is 1.23 bits per heavy atom. The lowest BCUT2D eigenvalue weighted by Gasteiger charge is -2.09. The Bertz CT molecular complexity index is 823. The first-order chi connectivity index (χ1) is 12.3. The van der Waals surface area contributed by atoms with Crippen LogP contribution in [0.5, 0.6) is 0 Å². The molecule has 0 aliphatic carbocycles. The monoisotopic (exact) mass is 374 g/mol. The topological polar surface area (TPSA) is 67.2 Å². The molecule has 1 heterocycles. The zero-order chi connectivity index (χ0) is 19.3. The minimum atomic E-state index is -0.359. The van der Waals surface area contributed by atoms with Crippen LogP contribution >= 0.6 is 11.6 Å². The van der Waals surface area contributed by atoms with Crippen LogP contribution in [-0.2, 0) is 16.1 Å². The molecule has 2 aromatic rings. The van der Waals surface area contributed by atoms with E-state index in [2.05, 4.69) is 10.4 Å². The number of amides is 2. The van der Waals surface area contributed by atoms with Gasteiger partial charge in [0.15, 0.2) is 0 Å². The van der Waals surface area contributed by atoms with Gasteiger partial charge in [0, 0.05) is 25.7 Å². The van der Waals surface area contributed by atoms with Crippen molar-refractivity contribution in [3.05, 3.63) is 57.9 Å². The fourth-order valence-corrected chi connectivity index (χ4v) is 2.56. The Morgan fingerprint density at radius 2 is 1.88 bits per heavy atom. The van der Waals surface area contributed by atoms with Crippen LogP contribution in [0.4, 0.5) is 0 Å². The summed E-state index contributed by atoms with van der Waals surface area (Å²) in [7, 11) is 3.27. The largest absolute Gasteiger partial charge is 0.347 e. The number of hydrogen-bond acceptors (Lipinski definition) is 3. The number of hydrogen-bond donors (Lipinski definition) is 1. The fourth-order valence-electron chi connectivity index (χ4n) is 2.27. The number of carbonyl (C=O) groups is 2. The molecule has 1 aromatic carbocycles. The molecule has 2 amide bonds. The third-order valence-corrected chi connectivity index (χ3v) is 4.28. The molecular weight excluding hydrogens is 352 g/mol. The smallest absolute Gasteiger partial charge is 0.244 e. The van der Waals surface area contributed by atoms with Gasteiger partial charge in [-0.25, -0.2) is 4.68 Å². The predicted molar refractivity (Wildman–Crippen MR) is 103 cm³/mol. The van der Waals surface area contributed by atoms with Gasteiger partial charge in [-0.1, -0.05) is 41.4 Å². The average Bonchev–Trinajstić information content (AvgIpc) is 2.86. The van der Waals surface area contributed by atoms with Crippen LogP contribution < -0.4 is 5.32 Å². The molecule has 0 aliphatic heterocycles. The highest BCUT2D eigenvalue weighted by Gasteiger charge is 2.12. The fraction of sp³-hybridized carbons (Fsp3) is 0.316. The second-order valence-corrected chi connectivity index (χ2v) is 6.63. The molecule has 26 heavy (non-hydrogen) atoms. The van der Waals surface area contributed by atoms with Gasteiger partial charge in [0.25, 0.3) is 0 Å². The molecule has 0 saturated heterocycles. The van der Waals surface area contributed by atoms with Gasteiger partial charge in [-0.2, -0.15) is 5.10 Å². The second-order valence-electron chi connectivity index (χ2n) is 6.27. The molecule has 0 unspecified atom stereocenters. The maximum Gasteiger partial charge on any atom is 0.244 e. The van der Waals surface area contributed by atoms with E-state index in [0.717, 1.165) is 11.3 Å². The van der Waals surface area contributed by atoms with Crippen LogP contribution in [0.1, 0.15) is 22.4 Å². The molecule has 1 N–H and O–H groups in total. The molecule has 7 heteroatoms. The Balaban J connectivity index is 2.06. The molecule has 1 aromatic heterocycles. The summed E-state index contributed by atoms with van der Waals surface area (Å²) in [4.78, 5) is 24.8. The third-order valence-electron chi connectivity index (χ3n) is 3.88. The number of aromatic nitrogens is 2. The zero-order valence-corrected chi connectivity index (χ0v) is 16.2. The quantitative estimate of drug-likeness (QED) is 0.789. The normalized spacial score (nSPS) is 11.0. The highest BCUT2D eigenvalue weighted by molar-refractivity contribution is 6.31. The molecule has 0 atom stereocenters. The van der Waals surface area contributed by atoms with Gasteiger partial charge in [0.1, 0.15) is 5.15 Å². The molecule has 138 valence electrons. The first kappa shape index (κ1) is 19.7. The molecule has 0 saturated carbocycles. The number of benzene rings is 1. The summed E-state index contributed by atoms with van der Waals surface area (Å²) in [5.41, 5.74) is 3.71. The number of nitrogens with zero attached hydrogens (tertiary/aromatic N) is 3. The SMILES string of the molecule is Cc1ccc(Cn2nc(C)c(/C=C/C(=O)NCC(=O)N(C)C)c2Cl)cc1. The van der Waals surface area contributed by atoms with Crippen molar-refractivity contribution in [2.24, 2.45) is 0 Å². The van der Waals surface area contributed by atoms with Crippen molar-refractivity contribution < 1.29 is 9.59 Å². The first-order valence-electron chi connectivity index (χ1n) is 8.22. The van der Waals surface area contributed by atoms with Gasteiger partial charge in [-0.15, -0.1) is 0 Å². The van der Waals surface area contributed by atoms with Crippen LogP contribution in [-0.4, -0.2) is 47.1 Å². The number of aryl methyl sites for hydroxylation is 2. The summed E-state index contributed by atoms with van der Waals surface area (Å²) in [6, 6.07) is 8.15. The average molecular weight is 375 g/mol. The summed E-state index contributed by atoms with van der Waals surface area (Å²) < 4.78 is 1.70. The van der Waals surface area contributed by atoms with Crippen LogP contribution in [0.25, 0.3) is 6.08 Å². The summed E-state index contributed by atoms with van der Waals surface area (Å²) in [5, 5.41) is 7.45. The summed E-state index contributed by atoms with van der Waals surface area (Å²) >= 11 is 6.42. The lowest BCUT2D eigenvalue weighted by atomic mass is 10.1. The first-order valence-corrected chi connectivity index (χ1v) is 8.60. The van der Waals surface area contributed by atoms with Crippen molar-refractivity contribution >= 4 is 29.5 Å². The van der Waals surface area contributed by atoms with E-state index >= 15 is 0 Å². The van der Waals surface area contributed by atoms with E-state index in [4.69, 9.17) is 11.6 Å². The van der Waals surface area contributed by atoms with E-state index in [1.807, 2.05) is 38.1 Å². The lowest BCUT2D eigenvalue weighted by molar-refractivity contribution is -0.129. The van der Waals surface area contributed by atoms with E-state index < -0.39 is 0 Å². The lowest BCUT2D eigenvalue weighted by Crippen LogP contribution is -2.35. The highest BCUT2D eigenvalue weighted by Crippen LogP contribution is 2.22. The van der Waals surface area contributed by atoms with Gasteiger partial charge in [-0.3, -0.25) is 9.59 Å². The molecule has 0 aliphatic rings. The standard InChI is InChI=1S/C19H23ClN4O2/c1-13-5-7-15(8-6-13)12-24-19(20)16(14(2)22-24)9-10-17(25)21-11-18(26)23(3)4/h5-10H,11-12H2,1-4H3,(H,21,25)/b10-9+. The predicted octanol–water partition coefficient (Wildman–Crippen LogP) is 2.42. The van der Waals surface area contributed by atoms with E-state index in [0.29, 0.717) is 17.3 Å². The van der Waals surface area contributed by atoms with Crippen molar-refractivity contribution in [1.29, 1.82) is 0 Å². The van der Waals surface area contributed by atoms with Gasteiger partial charge in [-0.05, 0) is 25.5 Å². The number of halogens is 1. The maximum atomic E-state index is 11.9. The van der Waals surface area contributed by atoms with Crippen LogP contribution in [0.3, 0.4) is 0 Å². The second kappa shape index (κ2) is 8.67. The molecule has 2 rings (SSSR count). The minimum absolute atomic E-state index is 0.0461. The number of nitrogens with one attached hydrogen (secondary N) is 1. The Kier molecular flexibility index (Phi) is 6.58. The highest BCUT2D eigenvalue weighted by atomic mass is 35.5. The van der Waals surface area contributed by atoms with Crippen LogP contribution in [0.15, 0.2) is 30.3 Å². The summed E-state index contributed by atoms with van der Waals surface area (Å²) in [5.74, 6) is -0.533. The van der Waals surface area contributed by atoms with Gasteiger partial charge in [0.05, 0.1) is 18.8 Å². The Morgan fingerprint density at radius 3 is 2.50 bits per heavy atom. The molecule has 0 bridgehead atoms. The third kappa shape index (κ3) is 5.20. The van der Waals surface area contributed by atoms with E-state index in [9.17, 15) is 9.59 Å². The number of rotatable bonds is 6. The number of likely N-dealkylation sites (N-methyl/N-ethyl adjacent to an activating group) is 1. The van der Waals surface area contributed by atoms with Crippen molar-refractivity contribution in [3.8, 4) is 0 Å². The van der Waals surface area contributed by atoms with Crippen LogP contribution in [0, 0.1) is 13.8 Å². The van der Waals surface area contributed by atoms with Crippen molar-refractivity contribution in [2.75, 3.05) is 20.6 Å². The summed E-state index contributed by atoms with van der Waals surface area (Å²) in [6.07, 6.45) is 2.97. The Hall–Kier alpha value is -2.60. The zero-order valence-electron chi connectivity index (χ0n) is 15.4. The summed E-state index contributed by atoms with van der Waals surface area (Å²) in [6.45, 7) is 4.38. The molecule has 0 fully saturated rings. The molecule has 6 nitrogen and oxygen atoms in total. The van der Waals surface area contributed by atoms with Gasteiger partial charge >= 0.3 is 0 Å².